The van der Waals surface area contributed by atoms with Gasteiger partial charge in [-0.15, -0.1) is 0 Å². The van der Waals surface area contributed by atoms with Gasteiger partial charge < -0.3 is 10.4 Å². The van der Waals surface area contributed by atoms with Gasteiger partial charge in [-0.2, -0.15) is 0 Å². The Kier molecular flexibility index (Phi) is 4.36. The van der Waals surface area contributed by atoms with E-state index in [9.17, 15) is 9.59 Å². The molecule has 0 atom stereocenters. The SMILES string of the molecule is O=C(O)c1ccc(C(=O)Nc2ccc(Br)c(Cl)c2)nc1. The highest BCUT2D eigenvalue weighted by Gasteiger charge is 2.10. The standard InChI is InChI=1S/C13H8BrClN2O3/c14-9-3-2-8(5-10(9)15)17-12(18)11-4-1-7(6-16-11)13(19)20/h1-6H,(H,17,18)(H,19,20). The zero-order chi connectivity index (χ0) is 14.7. The monoisotopic (exact) mass is 354 g/mol. The molecule has 0 aliphatic carbocycles. The number of rotatable bonds is 3. The Morgan fingerprint density at radius 2 is 2.00 bits per heavy atom. The van der Waals surface area contributed by atoms with Gasteiger partial charge in [0.1, 0.15) is 5.69 Å². The molecule has 0 fully saturated rings. The van der Waals surface area contributed by atoms with Gasteiger partial charge in [-0.1, -0.05) is 11.6 Å². The molecule has 1 heterocycles. The van der Waals surface area contributed by atoms with Gasteiger partial charge in [-0.25, -0.2) is 4.79 Å². The number of aromatic nitrogens is 1. The van der Waals surface area contributed by atoms with Crippen LogP contribution in [-0.4, -0.2) is 22.0 Å². The lowest BCUT2D eigenvalue weighted by atomic mass is 10.2. The van der Waals surface area contributed by atoms with Gasteiger partial charge in [0.25, 0.3) is 5.91 Å². The number of carboxylic acid groups (broad SMARTS) is 1. The van der Waals surface area contributed by atoms with Gasteiger partial charge >= 0.3 is 5.97 Å². The van der Waals surface area contributed by atoms with Crippen molar-refractivity contribution in [3.63, 3.8) is 0 Å². The van der Waals surface area contributed by atoms with Crippen LogP contribution in [-0.2, 0) is 0 Å². The Morgan fingerprint density at radius 3 is 2.55 bits per heavy atom. The lowest BCUT2D eigenvalue weighted by molar-refractivity contribution is 0.0696. The topological polar surface area (TPSA) is 79.3 Å². The minimum Gasteiger partial charge on any atom is -0.478 e. The number of aromatic carboxylic acids is 1. The first-order valence-corrected chi connectivity index (χ1v) is 6.60. The van der Waals surface area contributed by atoms with E-state index < -0.39 is 11.9 Å². The molecule has 7 heteroatoms. The maximum Gasteiger partial charge on any atom is 0.337 e. The normalized spacial score (nSPS) is 10.1. The Bertz CT molecular complexity index is 674. The third-order valence-electron chi connectivity index (χ3n) is 2.42. The fraction of sp³-hybridized carbons (Fsp3) is 0. The van der Waals surface area contributed by atoms with E-state index in [1.54, 1.807) is 18.2 Å². The Morgan fingerprint density at radius 1 is 1.25 bits per heavy atom. The Labute approximate surface area is 127 Å². The number of carboxylic acids is 1. The average molecular weight is 356 g/mol. The first-order chi connectivity index (χ1) is 9.47. The fourth-order valence-electron chi connectivity index (χ4n) is 1.42. The number of halogens is 2. The number of hydrogen-bond acceptors (Lipinski definition) is 3. The molecule has 0 aliphatic rings. The van der Waals surface area contributed by atoms with Crippen LogP contribution in [0, 0.1) is 0 Å². The molecule has 102 valence electrons. The average Bonchev–Trinajstić information content (AvgIpc) is 2.43. The zero-order valence-electron chi connectivity index (χ0n) is 9.93. The molecule has 2 rings (SSSR count). The van der Waals surface area contributed by atoms with Crippen LogP contribution in [0.1, 0.15) is 20.8 Å². The molecule has 0 aliphatic heterocycles. The van der Waals surface area contributed by atoms with Crippen LogP contribution >= 0.6 is 27.5 Å². The summed E-state index contributed by atoms with van der Waals surface area (Å²) in [5.41, 5.74) is 0.662. The molecule has 0 bridgehead atoms. The van der Waals surface area contributed by atoms with Crippen LogP contribution in [0.3, 0.4) is 0 Å². The highest BCUT2D eigenvalue weighted by atomic mass is 79.9. The van der Waals surface area contributed by atoms with E-state index in [4.69, 9.17) is 16.7 Å². The molecule has 5 nitrogen and oxygen atoms in total. The summed E-state index contributed by atoms with van der Waals surface area (Å²) in [6, 6.07) is 7.64. The van der Waals surface area contributed by atoms with E-state index in [-0.39, 0.29) is 11.3 Å². The van der Waals surface area contributed by atoms with Crippen molar-refractivity contribution in [3.05, 3.63) is 57.3 Å². The van der Waals surface area contributed by atoms with Crippen LogP contribution in [0.4, 0.5) is 5.69 Å². The molecule has 0 saturated carbocycles. The molecule has 0 saturated heterocycles. The van der Waals surface area contributed by atoms with Crippen LogP contribution in [0.25, 0.3) is 0 Å². The molecule has 1 aromatic heterocycles. The smallest absolute Gasteiger partial charge is 0.337 e. The van der Waals surface area contributed by atoms with Gasteiger partial charge in [-0.05, 0) is 46.3 Å². The summed E-state index contributed by atoms with van der Waals surface area (Å²) in [7, 11) is 0. The number of hydrogen-bond donors (Lipinski definition) is 2. The second-order valence-electron chi connectivity index (χ2n) is 3.82. The van der Waals surface area contributed by atoms with E-state index in [0.29, 0.717) is 10.7 Å². The Balaban J connectivity index is 2.15. The predicted molar refractivity (Wildman–Crippen MR) is 78.3 cm³/mol. The molecular weight excluding hydrogens is 348 g/mol. The Hall–Kier alpha value is -1.92. The summed E-state index contributed by atoms with van der Waals surface area (Å²) in [4.78, 5) is 26.4. The third-order valence-corrected chi connectivity index (χ3v) is 3.65. The van der Waals surface area contributed by atoms with Crippen molar-refractivity contribution in [1.82, 2.24) is 4.98 Å². The number of amides is 1. The maximum absolute atomic E-state index is 11.9. The molecule has 20 heavy (non-hydrogen) atoms. The number of carbonyl (C=O) groups excluding carboxylic acids is 1. The summed E-state index contributed by atoms with van der Waals surface area (Å²) in [6.45, 7) is 0. The lowest BCUT2D eigenvalue weighted by Gasteiger charge is -2.06. The van der Waals surface area contributed by atoms with Crippen LogP contribution in [0.2, 0.25) is 5.02 Å². The maximum atomic E-state index is 11.9. The van der Waals surface area contributed by atoms with Crippen LogP contribution < -0.4 is 5.32 Å². The summed E-state index contributed by atoms with van der Waals surface area (Å²) in [5, 5.41) is 11.8. The van der Waals surface area contributed by atoms with Crippen LogP contribution in [0.5, 0.6) is 0 Å². The second kappa shape index (κ2) is 6.02. The number of carbonyl (C=O) groups is 2. The highest BCUT2D eigenvalue weighted by molar-refractivity contribution is 9.10. The van der Waals surface area contributed by atoms with Crippen molar-refractivity contribution in [3.8, 4) is 0 Å². The summed E-state index contributed by atoms with van der Waals surface area (Å²) < 4.78 is 0.723. The van der Waals surface area contributed by atoms with E-state index in [1.165, 1.54) is 12.1 Å². The summed E-state index contributed by atoms with van der Waals surface area (Å²) in [5.74, 6) is -1.54. The second-order valence-corrected chi connectivity index (χ2v) is 5.08. The van der Waals surface area contributed by atoms with Crippen LogP contribution in [0.15, 0.2) is 41.0 Å². The van der Waals surface area contributed by atoms with Crippen molar-refractivity contribution in [2.24, 2.45) is 0 Å². The number of benzene rings is 1. The molecule has 0 radical (unpaired) electrons. The van der Waals surface area contributed by atoms with Crippen molar-refractivity contribution in [2.45, 2.75) is 0 Å². The van der Waals surface area contributed by atoms with Gasteiger partial charge in [0, 0.05) is 16.4 Å². The molecule has 1 aromatic carbocycles. The minimum absolute atomic E-state index is 0.0215. The first kappa shape index (κ1) is 14.5. The van der Waals surface area contributed by atoms with Crippen molar-refractivity contribution >= 4 is 45.1 Å². The zero-order valence-corrected chi connectivity index (χ0v) is 12.3. The van der Waals surface area contributed by atoms with E-state index in [0.717, 1.165) is 10.7 Å². The van der Waals surface area contributed by atoms with E-state index in [1.807, 2.05) is 0 Å². The predicted octanol–water partition coefficient (Wildman–Crippen LogP) is 3.45. The molecule has 2 aromatic rings. The molecule has 0 unspecified atom stereocenters. The van der Waals surface area contributed by atoms with E-state index in [2.05, 4.69) is 26.2 Å². The quantitative estimate of drug-likeness (QED) is 0.884. The highest BCUT2D eigenvalue weighted by Crippen LogP contribution is 2.25. The number of nitrogens with zero attached hydrogens (tertiary/aromatic N) is 1. The van der Waals surface area contributed by atoms with Gasteiger partial charge in [0.05, 0.1) is 10.6 Å². The number of nitrogens with one attached hydrogen (secondary N) is 1. The molecular formula is C13H8BrClN2O3. The summed E-state index contributed by atoms with van der Waals surface area (Å²) >= 11 is 9.17. The van der Waals surface area contributed by atoms with Crippen molar-refractivity contribution in [2.75, 3.05) is 5.32 Å². The van der Waals surface area contributed by atoms with Crippen molar-refractivity contribution in [1.29, 1.82) is 0 Å². The lowest BCUT2D eigenvalue weighted by Crippen LogP contribution is -2.14. The molecule has 1 amide bonds. The molecule has 2 N–H and O–H groups in total. The summed E-state index contributed by atoms with van der Waals surface area (Å²) in [6.07, 6.45) is 1.13. The van der Waals surface area contributed by atoms with Gasteiger partial charge in [0.2, 0.25) is 0 Å². The van der Waals surface area contributed by atoms with Gasteiger partial charge in [0.15, 0.2) is 0 Å². The van der Waals surface area contributed by atoms with Gasteiger partial charge in [-0.3, -0.25) is 9.78 Å². The van der Waals surface area contributed by atoms with E-state index >= 15 is 0 Å². The minimum atomic E-state index is -1.09. The number of anilines is 1. The first-order valence-electron chi connectivity index (χ1n) is 5.43. The fourth-order valence-corrected chi connectivity index (χ4v) is 1.85. The van der Waals surface area contributed by atoms with Crippen molar-refractivity contribution < 1.29 is 14.7 Å². The third kappa shape index (κ3) is 3.34. The number of pyridine rings is 1. The largest absolute Gasteiger partial charge is 0.478 e. The molecule has 0 spiro atoms.